The molecule has 0 aliphatic carbocycles. The number of amides is 1. The quantitative estimate of drug-likeness (QED) is 0.890. The number of carbonyl (C=O) groups is 1. The number of benzene rings is 2. The number of anilines is 2. The van der Waals surface area contributed by atoms with Gasteiger partial charge in [-0.15, -0.1) is 0 Å². The molecule has 6 nitrogen and oxygen atoms in total. The van der Waals surface area contributed by atoms with Crippen LogP contribution < -0.4 is 14.4 Å². The van der Waals surface area contributed by atoms with Crippen molar-refractivity contribution in [2.24, 2.45) is 0 Å². The molecule has 0 unspecified atom stereocenters. The topological polar surface area (TPSA) is 75.7 Å². The van der Waals surface area contributed by atoms with Crippen molar-refractivity contribution in [3.8, 4) is 5.75 Å². The maximum absolute atomic E-state index is 12.6. The fourth-order valence-corrected chi connectivity index (χ4v) is 4.00. The summed E-state index contributed by atoms with van der Waals surface area (Å²) >= 11 is 0. The normalized spacial score (nSPS) is 13.4. The van der Waals surface area contributed by atoms with Gasteiger partial charge in [0.15, 0.2) is 0 Å². The van der Waals surface area contributed by atoms with Gasteiger partial charge in [0.1, 0.15) is 5.75 Å². The van der Waals surface area contributed by atoms with Crippen molar-refractivity contribution >= 4 is 27.3 Å². The van der Waals surface area contributed by atoms with Gasteiger partial charge in [-0.25, -0.2) is 8.42 Å². The largest absolute Gasteiger partial charge is 0.497 e. The van der Waals surface area contributed by atoms with Crippen LogP contribution in [0.15, 0.2) is 47.4 Å². The third kappa shape index (κ3) is 3.46. The van der Waals surface area contributed by atoms with E-state index in [0.29, 0.717) is 30.8 Å². The van der Waals surface area contributed by atoms with Crippen LogP contribution in [0.3, 0.4) is 0 Å². The number of carbonyl (C=O) groups excluding carboxylic acids is 1. The number of hydrogen-bond acceptors (Lipinski definition) is 4. The maximum Gasteiger partial charge on any atom is 0.261 e. The van der Waals surface area contributed by atoms with Gasteiger partial charge in [0, 0.05) is 24.7 Å². The van der Waals surface area contributed by atoms with Crippen molar-refractivity contribution in [1.82, 2.24) is 0 Å². The van der Waals surface area contributed by atoms with E-state index in [9.17, 15) is 13.2 Å². The van der Waals surface area contributed by atoms with Gasteiger partial charge in [-0.2, -0.15) is 0 Å². The number of methoxy groups -OCH3 is 1. The molecule has 0 radical (unpaired) electrons. The van der Waals surface area contributed by atoms with Crippen molar-refractivity contribution in [3.63, 3.8) is 0 Å². The Labute approximate surface area is 147 Å². The summed E-state index contributed by atoms with van der Waals surface area (Å²) < 4.78 is 32.9. The summed E-state index contributed by atoms with van der Waals surface area (Å²) in [7, 11) is -2.19. The van der Waals surface area contributed by atoms with Crippen molar-refractivity contribution in [2.45, 2.75) is 24.7 Å². The summed E-state index contributed by atoms with van der Waals surface area (Å²) in [6.45, 7) is 2.41. The average molecular weight is 360 g/mol. The van der Waals surface area contributed by atoms with E-state index < -0.39 is 10.0 Å². The number of nitrogens with zero attached hydrogens (tertiary/aromatic N) is 1. The highest BCUT2D eigenvalue weighted by molar-refractivity contribution is 7.92. The Morgan fingerprint density at radius 2 is 2.04 bits per heavy atom. The van der Waals surface area contributed by atoms with E-state index in [4.69, 9.17) is 4.74 Å². The molecule has 0 bridgehead atoms. The van der Waals surface area contributed by atoms with Gasteiger partial charge in [-0.3, -0.25) is 9.52 Å². The molecular formula is C18H20N2O4S. The first-order valence-corrected chi connectivity index (χ1v) is 9.53. The van der Waals surface area contributed by atoms with Gasteiger partial charge in [0.05, 0.1) is 17.7 Å². The van der Waals surface area contributed by atoms with Crippen LogP contribution in [0.2, 0.25) is 0 Å². The smallest absolute Gasteiger partial charge is 0.261 e. The first-order chi connectivity index (χ1) is 11.9. The van der Waals surface area contributed by atoms with E-state index in [2.05, 4.69) is 4.72 Å². The monoisotopic (exact) mass is 360 g/mol. The standard InChI is InChI=1S/C18H20N2O4S/c1-3-18(21)20-10-9-13-11-16(7-8-17(13)20)25(22,23)19-14-5-4-6-15(12-14)24-2/h4-8,11-12,19H,3,9-10H2,1-2H3. The lowest BCUT2D eigenvalue weighted by Crippen LogP contribution is -2.27. The molecule has 0 saturated carbocycles. The molecule has 0 spiro atoms. The van der Waals surface area contributed by atoms with E-state index in [1.54, 1.807) is 41.3 Å². The number of nitrogens with one attached hydrogen (secondary N) is 1. The van der Waals surface area contributed by atoms with Gasteiger partial charge in [-0.05, 0) is 42.3 Å². The van der Waals surface area contributed by atoms with Crippen molar-refractivity contribution < 1.29 is 17.9 Å². The van der Waals surface area contributed by atoms with Crippen LogP contribution in [0.5, 0.6) is 5.75 Å². The molecule has 25 heavy (non-hydrogen) atoms. The number of hydrogen-bond donors (Lipinski definition) is 1. The Morgan fingerprint density at radius 1 is 1.24 bits per heavy atom. The summed E-state index contributed by atoms with van der Waals surface area (Å²) in [5.74, 6) is 0.617. The lowest BCUT2D eigenvalue weighted by molar-refractivity contribution is -0.118. The lowest BCUT2D eigenvalue weighted by Gasteiger charge is -2.16. The fourth-order valence-electron chi connectivity index (χ4n) is 2.90. The molecule has 2 aromatic carbocycles. The first kappa shape index (κ1) is 17.3. The molecule has 2 aromatic rings. The second-order valence-corrected chi connectivity index (χ2v) is 7.46. The molecule has 1 heterocycles. The minimum Gasteiger partial charge on any atom is -0.497 e. The van der Waals surface area contributed by atoms with E-state index in [0.717, 1.165) is 11.3 Å². The maximum atomic E-state index is 12.6. The Morgan fingerprint density at radius 3 is 2.76 bits per heavy atom. The molecule has 0 aromatic heterocycles. The summed E-state index contributed by atoms with van der Waals surface area (Å²) in [4.78, 5) is 13.8. The second-order valence-electron chi connectivity index (χ2n) is 5.78. The van der Waals surface area contributed by atoms with E-state index in [1.807, 2.05) is 6.92 Å². The number of rotatable bonds is 5. The minimum atomic E-state index is -3.71. The summed E-state index contributed by atoms with van der Waals surface area (Å²) in [5.41, 5.74) is 2.10. The van der Waals surface area contributed by atoms with Crippen LogP contribution in [-0.4, -0.2) is 28.0 Å². The molecule has 1 amide bonds. The van der Waals surface area contributed by atoms with Gasteiger partial charge < -0.3 is 9.64 Å². The highest BCUT2D eigenvalue weighted by Crippen LogP contribution is 2.31. The van der Waals surface area contributed by atoms with Crippen LogP contribution in [0.25, 0.3) is 0 Å². The molecular weight excluding hydrogens is 340 g/mol. The van der Waals surface area contributed by atoms with E-state index >= 15 is 0 Å². The van der Waals surface area contributed by atoms with Crippen molar-refractivity contribution in [1.29, 1.82) is 0 Å². The highest BCUT2D eigenvalue weighted by atomic mass is 32.2. The Bertz CT molecular complexity index is 909. The zero-order valence-electron chi connectivity index (χ0n) is 14.2. The predicted molar refractivity (Wildman–Crippen MR) is 96.6 cm³/mol. The molecule has 1 N–H and O–H groups in total. The molecule has 0 fully saturated rings. The number of ether oxygens (including phenoxy) is 1. The summed E-state index contributed by atoms with van der Waals surface area (Å²) in [6, 6.07) is 11.6. The SMILES string of the molecule is CCC(=O)N1CCc2cc(S(=O)(=O)Nc3cccc(OC)c3)ccc21. The van der Waals surface area contributed by atoms with Gasteiger partial charge >= 0.3 is 0 Å². The van der Waals surface area contributed by atoms with Crippen LogP contribution in [0, 0.1) is 0 Å². The zero-order chi connectivity index (χ0) is 18.0. The van der Waals surface area contributed by atoms with Crippen LogP contribution in [0.1, 0.15) is 18.9 Å². The first-order valence-electron chi connectivity index (χ1n) is 8.05. The zero-order valence-corrected chi connectivity index (χ0v) is 15.0. The van der Waals surface area contributed by atoms with Crippen LogP contribution in [-0.2, 0) is 21.2 Å². The minimum absolute atomic E-state index is 0.0452. The second kappa shape index (κ2) is 6.76. The summed E-state index contributed by atoms with van der Waals surface area (Å²) in [5, 5.41) is 0. The lowest BCUT2D eigenvalue weighted by atomic mass is 10.2. The molecule has 132 valence electrons. The molecule has 1 aliphatic rings. The van der Waals surface area contributed by atoms with Gasteiger partial charge in [-0.1, -0.05) is 13.0 Å². The Hall–Kier alpha value is -2.54. The van der Waals surface area contributed by atoms with Crippen LogP contribution in [0.4, 0.5) is 11.4 Å². The van der Waals surface area contributed by atoms with E-state index in [-0.39, 0.29) is 10.8 Å². The third-order valence-corrected chi connectivity index (χ3v) is 5.56. The molecule has 3 rings (SSSR count). The Kier molecular flexibility index (Phi) is 4.67. The average Bonchev–Trinajstić information content (AvgIpc) is 3.04. The van der Waals surface area contributed by atoms with Crippen molar-refractivity contribution in [2.75, 3.05) is 23.3 Å². The van der Waals surface area contributed by atoms with Gasteiger partial charge in [0.25, 0.3) is 10.0 Å². The molecule has 7 heteroatoms. The molecule has 0 atom stereocenters. The van der Waals surface area contributed by atoms with Crippen LogP contribution >= 0.6 is 0 Å². The predicted octanol–water partition coefficient (Wildman–Crippen LogP) is 2.80. The molecule has 0 saturated heterocycles. The third-order valence-electron chi connectivity index (χ3n) is 4.18. The number of fused-ring (bicyclic) bond motifs is 1. The van der Waals surface area contributed by atoms with Gasteiger partial charge in [0.2, 0.25) is 5.91 Å². The number of sulfonamides is 1. The fraction of sp³-hybridized carbons (Fsp3) is 0.278. The highest BCUT2D eigenvalue weighted by Gasteiger charge is 2.25. The summed E-state index contributed by atoms with van der Waals surface area (Å²) in [6.07, 6.45) is 1.08. The van der Waals surface area contributed by atoms with Crippen molar-refractivity contribution in [3.05, 3.63) is 48.0 Å². The van der Waals surface area contributed by atoms with E-state index in [1.165, 1.54) is 13.2 Å². The molecule has 1 aliphatic heterocycles. The Balaban J connectivity index is 1.87.